The van der Waals surface area contributed by atoms with Gasteiger partial charge in [-0.1, -0.05) is 12.1 Å². The van der Waals surface area contributed by atoms with Crippen LogP contribution in [0.2, 0.25) is 0 Å². The number of hydrogen-bond donors (Lipinski definition) is 2. The molecule has 0 bridgehead atoms. The Labute approximate surface area is 125 Å². The zero-order valence-electron chi connectivity index (χ0n) is 11.5. The van der Waals surface area contributed by atoms with Crippen molar-refractivity contribution in [1.29, 1.82) is 0 Å². The number of hydrogen-bond acceptors (Lipinski definition) is 5. The molecule has 0 radical (unpaired) electrons. The number of alkyl halides is 2. The largest absolute Gasteiger partial charge is 0.485 e. The Hall–Kier alpha value is -2.48. The van der Waals surface area contributed by atoms with E-state index in [4.69, 9.17) is 9.84 Å². The topological polar surface area (TPSA) is 78.9 Å². The van der Waals surface area contributed by atoms with E-state index >= 15 is 0 Å². The molecule has 0 atom stereocenters. The fourth-order valence-corrected chi connectivity index (χ4v) is 1.90. The van der Waals surface area contributed by atoms with Crippen LogP contribution in [-0.4, -0.2) is 48.0 Å². The van der Waals surface area contributed by atoms with Crippen molar-refractivity contribution in [2.75, 3.05) is 25.1 Å². The standard InChI is InChI=1S/C14H14F2N2O4/c15-12(16)8-22-11-4-2-1-3-9(11)17-10-7-13(20)18(5-6-19)14(10)21/h1-4,7,12,17,19H,5-6,8H2. The molecule has 0 fully saturated rings. The van der Waals surface area contributed by atoms with Crippen LogP contribution in [0.15, 0.2) is 36.0 Å². The molecule has 6 nitrogen and oxygen atoms in total. The van der Waals surface area contributed by atoms with Crippen LogP contribution in [0.1, 0.15) is 0 Å². The number of rotatable bonds is 7. The molecule has 0 aliphatic carbocycles. The number of halogens is 2. The van der Waals surface area contributed by atoms with Crippen molar-refractivity contribution in [3.63, 3.8) is 0 Å². The summed E-state index contributed by atoms with van der Waals surface area (Å²) in [7, 11) is 0. The molecule has 0 spiro atoms. The van der Waals surface area contributed by atoms with Crippen LogP contribution >= 0.6 is 0 Å². The second kappa shape index (κ2) is 6.99. The number of benzene rings is 1. The van der Waals surface area contributed by atoms with Crippen LogP contribution in [0.3, 0.4) is 0 Å². The molecule has 1 aromatic carbocycles. The summed E-state index contributed by atoms with van der Waals surface area (Å²) in [6.07, 6.45) is -1.54. The maximum Gasteiger partial charge on any atom is 0.277 e. The monoisotopic (exact) mass is 312 g/mol. The third kappa shape index (κ3) is 3.59. The molecular weight excluding hydrogens is 298 g/mol. The predicted molar refractivity (Wildman–Crippen MR) is 73.5 cm³/mol. The summed E-state index contributed by atoms with van der Waals surface area (Å²) in [5.41, 5.74) is 0.285. The normalized spacial score (nSPS) is 14.5. The molecule has 118 valence electrons. The third-order valence-electron chi connectivity index (χ3n) is 2.85. The van der Waals surface area contributed by atoms with Gasteiger partial charge in [-0.15, -0.1) is 0 Å². The second-order valence-electron chi connectivity index (χ2n) is 4.40. The van der Waals surface area contributed by atoms with E-state index in [1.54, 1.807) is 12.1 Å². The van der Waals surface area contributed by atoms with E-state index in [0.29, 0.717) is 5.69 Å². The number of carbonyl (C=O) groups is 2. The molecule has 0 saturated carbocycles. The van der Waals surface area contributed by atoms with Gasteiger partial charge in [-0.05, 0) is 12.1 Å². The number of imide groups is 1. The van der Waals surface area contributed by atoms with Gasteiger partial charge in [0, 0.05) is 6.08 Å². The van der Waals surface area contributed by atoms with Gasteiger partial charge in [0.05, 0.1) is 18.8 Å². The Morgan fingerprint density at radius 2 is 2.00 bits per heavy atom. The summed E-state index contributed by atoms with van der Waals surface area (Å²) in [5.74, 6) is -1.00. The SMILES string of the molecule is O=C1C=C(Nc2ccccc2OCC(F)F)C(=O)N1CCO. The molecule has 0 saturated heterocycles. The maximum absolute atomic E-state index is 12.2. The first-order valence-corrected chi connectivity index (χ1v) is 6.48. The maximum atomic E-state index is 12.2. The molecule has 2 rings (SSSR count). The number of ether oxygens (including phenoxy) is 1. The first-order valence-electron chi connectivity index (χ1n) is 6.48. The molecule has 1 aliphatic heterocycles. The summed E-state index contributed by atoms with van der Waals surface area (Å²) in [6, 6.07) is 6.23. The van der Waals surface area contributed by atoms with Gasteiger partial charge in [-0.3, -0.25) is 14.5 Å². The summed E-state index contributed by atoms with van der Waals surface area (Å²) in [6.45, 7) is -1.23. The number of anilines is 1. The van der Waals surface area contributed by atoms with E-state index < -0.39 is 24.8 Å². The van der Waals surface area contributed by atoms with Gasteiger partial charge in [-0.2, -0.15) is 0 Å². The van der Waals surface area contributed by atoms with E-state index in [-0.39, 0.29) is 24.6 Å². The molecule has 1 aliphatic rings. The number of nitrogens with zero attached hydrogens (tertiary/aromatic N) is 1. The van der Waals surface area contributed by atoms with Crippen molar-refractivity contribution in [2.24, 2.45) is 0 Å². The molecule has 8 heteroatoms. The van der Waals surface area contributed by atoms with Gasteiger partial charge in [0.25, 0.3) is 18.2 Å². The van der Waals surface area contributed by atoms with Crippen LogP contribution in [-0.2, 0) is 9.59 Å². The first kappa shape index (κ1) is 15.9. The lowest BCUT2D eigenvalue weighted by Crippen LogP contribution is -2.34. The summed E-state index contributed by atoms with van der Waals surface area (Å²) in [5, 5.41) is 11.5. The number of amides is 2. The van der Waals surface area contributed by atoms with Crippen molar-refractivity contribution < 1.29 is 28.2 Å². The molecule has 2 amide bonds. The minimum atomic E-state index is -2.62. The van der Waals surface area contributed by atoms with Crippen molar-refractivity contribution in [3.8, 4) is 5.75 Å². The number of β-amino-alcohol motifs (C(OH)–C–C–N with tert-alkyl or cyclic N) is 1. The minimum Gasteiger partial charge on any atom is -0.485 e. The number of carbonyl (C=O) groups excluding carboxylic acids is 2. The number of para-hydroxylation sites is 2. The van der Waals surface area contributed by atoms with Crippen molar-refractivity contribution >= 4 is 17.5 Å². The van der Waals surface area contributed by atoms with Crippen LogP contribution in [0.25, 0.3) is 0 Å². The minimum absolute atomic E-state index is 0.00783. The Morgan fingerprint density at radius 3 is 2.68 bits per heavy atom. The Balaban J connectivity index is 2.13. The molecule has 1 aromatic rings. The summed E-state index contributed by atoms with van der Waals surface area (Å²) in [4.78, 5) is 24.5. The smallest absolute Gasteiger partial charge is 0.277 e. The zero-order chi connectivity index (χ0) is 16.1. The van der Waals surface area contributed by atoms with Crippen LogP contribution in [0.5, 0.6) is 5.75 Å². The van der Waals surface area contributed by atoms with Gasteiger partial charge in [-0.25, -0.2) is 8.78 Å². The van der Waals surface area contributed by atoms with Crippen molar-refractivity contribution in [1.82, 2.24) is 4.90 Å². The molecule has 1 heterocycles. The highest BCUT2D eigenvalue weighted by Gasteiger charge is 2.30. The van der Waals surface area contributed by atoms with Crippen molar-refractivity contribution in [3.05, 3.63) is 36.0 Å². The Kier molecular flexibility index (Phi) is 5.05. The summed E-state index contributed by atoms with van der Waals surface area (Å²) >= 11 is 0. The zero-order valence-corrected chi connectivity index (χ0v) is 11.5. The highest BCUT2D eigenvalue weighted by atomic mass is 19.3. The third-order valence-corrected chi connectivity index (χ3v) is 2.85. The van der Waals surface area contributed by atoms with E-state index in [9.17, 15) is 18.4 Å². The number of aliphatic hydroxyl groups is 1. The van der Waals surface area contributed by atoms with E-state index in [0.717, 1.165) is 11.0 Å². The Morgan fingerprint density at radius 1 is 1.27 bits per heavy atom. The molecule has 2 N–H and O–H groups in total. The molecule has 0 aromatic heterocycles. The van der Waals surface area contributed by atoms with Gasteiger partial charge in [0.15, 0.2) is 0 Å². The van der Waals surface area contributed by atoms with Gasteiger partial charge in [0.1, 0.15) is 18.1 Å². The molecule has 0 unspecified atom stereocenters. The number of aliphatic hydroxyl groups excluding tert-OH is 1. The van der Waals surface area contributed by atoms with Gasteiger partial charge >= 0.3 is 0 Å². The van der Waals surface area contributed by atoms with Crippen LogP contribution in [0.4, 0.5) is 14.5 Å². The van der Waals surface area contributed by atoms with Gasteiger partial charge in [0.2, 0.25) is 0 Å². The Bertz CT molecular complexity index is 604. The average molecular weight is 312 g/mol. The van der Waals surface area contributed by atoms with Crippen molar-refractivity contribution in [2.45, 2.75) is 6.43 Å². The van der Waals surface area contributed by atoms with E-state index in [1.165, 1.54) is 12.1 Å². The first-order chi connectivity index (χ1) is 10.5. The lowest BCUT2D eigenvalue weighted by Gasteiger charge is -2.15. The lowest BCUT2D eigenvalue weighted by molar-refractivity contribution is -0.137. The highest BCUT2D eigenvalue weighted by Crippen LogP contribution is 2.27. The predicted octanol–water partition coefficient (Wildman–Crippen LogP) is 0.987. The van der Waals surface area contributed by atoms with E-state index in [2.05, 4.69) is 5.32 Å². The average Bonchev–Trinajstić information content (AvgIpc) is 2.74. The number of nitrogens with one attached hydrogen (secondary N) is 1. The van der Waals surface area contributed by atoms with Gasteiger partial charge < -0.3 is 15.2 Å². The molecule has 22 heavy (non-hydrogen) atoms. The summed E-state index contributed by atoms with van der Waals surface area (Å²) < 4.78 is 29.4. The fraction of sp³-hybridized carbons (Fsp3) is 0.286. The second-order valence-corrected chi connectivity index (χ2v) is 4.40. The van der Waals surface area contributed by atoms with Crippen LogP contribution < -0.4 is 10.1 Å². The van der Waals surface area contributed by atoms with Crippen LogP contribution in [0, 0.1) is 0 Å². The molecular formula is C14H14F2N2O4. The van der Waals surface area contributed by atoms with E-state index in [1.807, 2.05) is 0 Å². The lowest BCUT2D eigenvalue weighted by atomic mass is 10.2. The quantitative estimate of drug-likeness (QED) is 0.734. The highest BCUT2D eigenvalue weighted by molar-refractivity contribution is 6.17. The fourth-order valence-electron chi connectivity index (χ4n) is 1.90.